The van der Waals surface area contributed by atoms with E-state index in [-0.39, 0.29) is 11.9 Å². The van der Waals surface area contributed by atoms with Crippen LogP contribution in [0.25, 0.3) is 0 Å². The van der Waals surface area contributed by atoms with Crippen LogP contribution in [0.2, 0.25) is 0 Å². The van der Waals surface area contributed by atoms with E-state index >= 15 is 0 Å². The molecule has 0 spiro atoms. The fraction of sp³-hybridized carbons (Fsp3) is 0.294. The molecule has 1 amide bonds. The predicted molar refractivity (Wildman–Crippen MR) is 86.2 cm³/mol. The van der Waals surface area contributed by atoms with Crippen molar-refractivity contribution in [3.8, 4) is 11.5 Å². The molecule has 116 valence electrons. The molecule has 0 aliphatic rings. The third-order valence-corrected chi connectivity index (χ3v) is 3.10. The number of hydrogen-bond acceptors (Lipinski definition) is 4. The highest BCUT2D eigenvalue weighted by atomic mass is 16.5. The molecule has 5 heteroatoms. The zero-order valence-electron chi connectivity index (χ0n) is 12.9. The Labute approximate surface area is 130 Å². The van der Waals surface area contributed by atoms with Crippen LogP contribution in [0.3, 0.4) is 0 Å². The summed E-state index contributed by atoms with van der Waals surface area (Å²) >= 11 is 0. The Bertz CT molecular complexity index is 602. The van der Waals surface area contributed by atoms with Gasteiger partial charge in [0.2, 0.25) is 0 Å². The highest BCUT2D eigenvalue weighted by Crippen LogP contribution is 2.21. The summed E-state index contributed by atoms with van der Waals surface area (Å²) in [6.07, 6.45) is 3.32. The van der Waals surface area contributed by atoms with Crippen LogP contribution in [-0.2, 0) is 0 Å². The number of rotatable bonds is 7. The highest BCUT2D eigenvalue weighted by molar-refractivity contribution is 5.94. The Morgan fingerprint density at radius 1 is 1.23 bits per heavy atom. The Balaban J connectivity index is 1.97. The second-order valence-corrected chi connectivity index (χ2v) is 4.98. The van der Waals surface area contributed by atoms with E-state index in [4.69, 9.17) is 4.74 Å². The van der Waals surface area contributed by atoms with E-state index < -0.39 is 0 Å². The van der Waals surface area contributed by atoms with Crippen molar-refractivity contribution < 1.29 is 9.53 Å². The molecule has 2 aromatic rings. The first kappa shape index (κ1) is 16.0. The molecule has 0 unspecified atom stereocenters. The van der Waals surface area contributed by atoms with Gasteiger partial charge in [0.25, 0.3) is 5.91 Å². The van der Waals surface area contributed by atoms with Crippen molar-refractivity contribution in [1.82, 2.24) is 15.6 Å². The molecule has 5 nitrogen and oxygen atoms in total. The Morgan fingerprint density at radius 3 is 2.73 bits per heavy atom. The lowest BCUT2D eigenvalue weighted by Gasteiger charge is -2.13. The molecule has 22 heavy (non-hydrogen) atoms. The topological polar surface area (TPSA) is 63.2 Å². The molecule has 0 fully saturated rings. The standard InChI is InChI=1S/C17H21N3O2/c1-3-19-13(2)12-20-17(21)14-5-4-6-16(11-14)22-15-7-9-18-10-8-15/h4-11,13,19H,3,12H2,1-2H3,(H,20,21)/t13-/m1/s1. The van der Waals surface area contributed by atoms with E-state index in [0.717, 1.165) is 6.54 Å². The summed E-state index contributed by atoms with van der Waals surface area (Å²) in [4.78, 5) is 16.1. The summed E-state index contributed by atoms with van der Waals surface area (Å²) in [6, 6.07) is 10.9. The van der Waals surface area contributed by atoms with Crippen LogP contribution < -0.4 is 15.4 Å². The fourth-order valence-electron chi connectivity index (χ4n) is 2.01. The second kappa shape index (κ2) is 8.14. The summed E-state index contributed by atoms with van der Waals surface area (Å²) in [6.45, 7) is 5.54. The molecule has 1 heterocycles. The third-order valence-electron chi connectivity index (χ3n) is 3.10. The highest BCUT2D eigenvalue weighted by Gasteiger charge is 2.08. The van der Waals surface area contributed by atoms with Crippen LogP contribution in [-0.4, -0.2) is 30.0 Å². The number of carbonyl (C=O) groups is 1. The normalized spacial score (nSPS) is 11.7. The van der Waals surface area contributed by atoms with Gasteiger partial charge < -0.3 is 15.4 Å². The molecule has 0 radical (unpaired) electrons. The lowest BCUT2D eigenvalue weighted by atomic mass is 10.2. The first-order valence-corrected chi connectivity index (χ1v) is 7.38. The summed E-state index contributed by atoms with van der Waals surface area (Å²) < 4.78 is 5.70. The zero-order chi connectivity index (χ0) is 15.8. The molecule has 1 aromatic heterocycles. The van der Waals surface area contributed by atoms with Crippen molar-refractivity contribution in [3.05, 3.63) is 54.4 Å². The summed E-state index contributed by atoms with van der Waals surface area (Å²) in [5.74, 6) is 1.21. The number of ether oxygens (including phenoxy) is 1. The minimum Gasteiger partial charge on any atom is -0.457 e. The maximum atomic E-state index is 12.2. The maximum absolute atomic E-state index is 12.2. The number of amides is 1. The van der Waals surface area contributed by atoms with Gasteiger partial charge >= 0.3 is 0 Å². The molecule has 0 aliphatic heterocycles. The number of likely N-dealkylation sites (N-methyl/N-ethyl adjacent to an activating group) is 1. The molecule has 2 rings (SSSR count). The number of carbonyl (C=O) groups excluding carboxylic acids is 1. The first-order valence-electron chi connectivity index (χ1n) is 7.38. The summed E-state index contributed by atoms with van der Waals surface area (Å²) in [5.41, 5.74) is 0.579. The van der Waals surface area contributed by atoms with E-state index in [1.54, 1.807) is 42.7 Å². The third kappa shape index (κ3) is 4.86. The predicted octanol–water partition coefficient (Wildman–Crippen LogP) is 2.60. The van der Waals surface area contributed by atoms with Gasteiger partial charge in [-0.3, -0.25) is 9.78 Å². The van der Waals surface area contributed by atoms with Gasteiger partial charge in [0.1, 0.15) is 11.5 Å². The van der Waals surface area contributed by atoms with E-state index in [1.807, 2.05) is 19.9 Å². The minimum absolute atomic E-state index is 0.107. The Kier molecular flexibility index (Phi) is 5.91. The minimum atomic E-state index is -0.107. The van der Waals surface area contributed by atoms with Crippen LogP contribution in [0.4, 0.5) is 0 Å². The average molecular weight is 299 g/mol. The summed E-state index contributed by atoms with van der Waals surface area (Å²) in [5, 5.41) is 6.16. The van der Waals surface area contributed by atoms with E-state index in [2.05, 4.69) is 15.6 Å². The quantitative estimate of drug-likeness (QED) is 0.825. The largest absolute Gasteiger partial charge is 0.457 e. The molecule has 0 saturated carbocycles. The van der Waals surface area contributed by atoms with Crippen LogP contribution in [0.15, 0.2) is 48.8 Å². The number of nitrogens with one attached hydrogen (secondary N) is 2. The SMILES string of the molecule is CCN[C@H](C)CNC(=O)c1cccc(Oc2ccncc2)c1. The zero-order valence-corrected chi connectivity index (χ0v) is 12.9. The van der Waals surface area contributed by atoms with Crippen molar-refractivity contribution >= 4 is 5.91 Å². The van der Waals surface area contributed by atoms with E-state index in [1.165, 1.54) is 0 Å². The maximum Gasteiger partial charge on any atom is 0.251 e. The smallest absolute Gasteiger partial charge is 0.251 e. The Hall–Kier alpha value is -2.40. The van der Waals surface area contributed by atoms with Crippen LogP contribution in [0, 0.1) is 0 Å². The van der Waals surface area contributed by atoms with Crippen LogP contribution in [0.1, 0.15) is 24.2 Å². The van der Waals surface area contributed by atoms with Crippen LogP contribution in [0.5, 0.6) is 11.5 Å². The molecular formula is C17H21N3O2. The number of pyridine rings is 1. The van der Waals surface area contributed by atoms with Gasteiger partial charge in [-0.25, -0.2) is 0 Å². The fourth-order valence-corrected chi connectivity index (χ4v) is 2.01. The van der Waals surface area contributed by atoms with E-state index in [9.17, 15) is 4.79 Å². The van der Waals surface area contributed by atoms with Crippen molar-refractivity contribution in [2.45, 2.75) is 19.9 Å². The van der Waals surface area contributed by atoms with Gasteiger partial charge in [-0.1, -0.05) is 13.0 Å². The monoisotopic (exact) mass is 299 g/mol. The van der Waals surface area contributed by atoms with Gasteiger partial charge in [0.15, 0.2) is 0 Å². The van der Waals surface area contributed by atoms with Gasteiger partial charge in [0, 0.05) is 30.5 Å². The van der Waals surface area contributed by atoms with Crippen molar-refractivity contribution in [3.63, 3.8) is 0 Å². The van der Waals surface area contributed by atoms with Crippen molar-refractivity contribution in [2.75, 3.05) is 13.1 Å². The molecule has 1 atom stereocenters. The molecule has 0 saturated heterocycles. The van der Waals surface area contributed by atoms with Gasteiger partial charge in [-0.15, -0.1) is 0 Å². The lowest BCUT2D eigenvalue weighted by Crippen LogP contribution is -2.38. The number of aromatic nitrogens is 1. The van der Waals surface area contributed by atoms with Crippen molar-refractivity contribution in [2.24, 2.45) is 0 Å². The van der Waals surface area contributed by atoms with Gasteiger partial charge in [0.05, 0.1) is 0 Å². The van der Waals surface area contributed by atoms with Gasteiger partial charge in [-0.2, -0.15) is 0 Å². The van der Waals surface area contributed by atoms with E-state index in [0.29, 0.717) is 23.6 Å². The first-order chi connectivity index (χ1) is 10.7. The number of nitrogens with zero attached hydrogens (tertiary/aromatic N) is 1. The number of hydrogen-bond donors (Lipinski definition) is 2. The second-order valence-electron chi connectivity index (χ2n) is 4.98. The molecule has 1 aromatic carbocycles. The summed E-state index contributed by atoms with van der Waals surface area (Å²) in [7, 11) is 0. The van der Waals surface area contributed by atoms with Gasteiger partial charge in [-0.05, 0) is 43.8 Å². The Morgan fingerprint density at radius 2 is 2.00 bits per heavy atom. The molecular weight excluding hydrogens is 278 g/mol. The molecule has 0 aliphatic carbocycles. The molecule has 0 bridgehead atoms. The average Bonchev–Trinajstić information content (AvgIpc) is 2.54. The molecule has 2 N–H and O–H groups in total. The number of benzene rings is 1. The lowest BCUT2D eigenvalue weighted by molar-refractivity contribution is 0.0950. The van der Waals surface area contributed by atoms with Crippen LogP contribution >= 0.6 is 0 Å². The van der Waals surface area contributed by atoms with Crippen molar-refractivity contribution in [1.29, 1.82) is 0 Å².